The molecule has 0 saturated heterocycles. The Hall–Kier alpha value is -1.95. The summed E-state index contributed by atoms with van der Waals surface area (Å²) in [6, 6.07) is 18.2. The van der Waals surface area contributed by atoms with Gasteiger partial charge in [-0.15, -0.1) is 0 Å². The van der Waals surface area contributed by atoms with E-state index in [4.69, 9.17) is 9.83 Å². The molecule has 2 aromatic carbocycles. The zero-order chi connectivity index (χ0) is 18.5. The Morgan fingerprint density at radius 3 is 2.08 bits per heavy atom. The summed E-state index contributed by atoms with van der Waals surface area (Å²) in [5.41, 5.74) is 1.32. The second kappa shape index (κ2) is 7.95. The summed E-state index contributed by atoms with van der Waals surface area (Å²) in [5, 5.41) is 8.75. The van der Waals surface area contributed by atoms with E-state index in [-0.39, 0.29) is 24.4 Å². The van der Waals surface area contributed by atoms with E-state index in [2.05, 4.69) is 49.8 Å². The van der Waals surface area contributed by atoms with Crippen LogP contribution in [0.15, 0.2) is 54.6 Å². The van der Waals surface area contributed by atoms with Gasteiger partial charge in [0.05, 0.1) is 13.5 Å². The number of hydrogen-bond acceptors (Lipinski definition) is 4. The molecule has 0 bridgehead atoms. The number of carbonyl (C=O) groups is 1. The van der Waals surface area contributed by atoms with Gasteiger partial charge < -0.3 is 14.6 Å². The Kier molecular flexibility index (Phi) is 6.16. The predicted molar refractivity (Wildman–Crippen MR) is 103 cm³/mol. The molecular formula is C20H27NO3Si. The molecule has 0 saturated carbocycles. The van der Waals surface area contributed by atoms with E-state index in [1.54, 1.807) is 0 Å². The highest BCUT2D eigenvalue weighted by molar-refractivity contribution is 6.95. The molecule has 0 aromatic heterocycles. The monoisotopic (exact) mass is 357 g/mol. The van der Waals surface area contributed by atoms with Crippen molar-refractivity contribution in [1.82, 2.24) is 0 Å². The minimum atomic E-state index is -2.87. The maximum Gasteiger partial charge on any atom is 0.333 e. The van der Waals surface area contributed by atoms with Crippen molar-refractivity contribution < 1.29 is 14.0 Å². The number of hydrogen-bond donors (Lipinski definition) is 1. The predicted octanol–water partition coefficient (Wildman–Crippen LogP) is 2.08. The molecule has 0 aliphatic rings. The molecule has 2 aromatic rings. The summed E-state index contributed by atoms with van der Waals surface area (Å²) in [6.07, 6.45) is 0.190. The van der Waals surface area contributed by atoms with Crippen LogP contribution in [-0.2, 0) is 19.4 Å². The molecule has 2 N–H and O–H groups in total. The van der Waals surface area contributed by atoms with Gasteiger partial charge in [0.2, 0.25) is 0 Å². The van der Waals surface area contributed by atoms with E-state index >= 15 is 0 Å². The fourth-order valence-corrected chi connectivity index (χ4v) is 5.07. The van der Waals surface area contributed by atoms with Crippen LogP contribution in [0.3, 0.4) is 0 Å². The molecule has 0 radical (unpaired) electrons. The first kappa shape index (κ1) is 19.4. The number of rotatable bonds is 6. The van der Waals surface area contributed by atoms with Crippen LogP contribution in [0.1, 0.15) is 32.8 Å². The van der Waals surface area contributed by atoms with Gasteiger partial charge >= 0.3 is 14.4 Å². The van der Waals surface area contributed by atoms with Crippen LogP contribution in [0, 0.1) is 0 Å². The maximum absolute atomic E-state index is 11.4. The van der Waals surface area contributed by atoms with E-state index in [1.807, 2.05) is 30.3 Å². The fourth-order valence-electron chi connectivity index (χ4n) is 2.63. The quantitative estimate of drug-likeness (QED) is 0.635. The molecule has 0 fully saturated rings. The SMILES string of the molecule is COC(=O)CCO[Si](N)(c1ccccc1)c1ccc(C(C)(C)C)cc1. The Bertz CT molecular complexity index is 695. The summed E-state index contributed by atoms with van der Waals surface area (Å²) >= 11 is 0. The van der Waals surface area contributed by atoms with Crippen molar-refractivity contribution in [2.75, 3.05) is 13.7 Å². The summed E-state index contributed by atoms with van der Waals surface area (Å²) in [5.74, 6) is -0.299. The van der Waals surface area contributed by atoms with E-state index < -0.39 is 8.48 Å². The smallest absolute Gasteiger partial charge is 0.333 e. The molecule has 0 heterocycles. The number of carbonyl (C=O) groups excluding carboxylic acids is 1. The van der Waals surface area contributed by atoms with Crippen molar-refractivity contribution in [3.8, 4) is 0 Å². The summed E-state index contributed by atoms with van der Waals surface area (Å²) in [7, 11) is -1.50. The van der Waals surface area contributed by atoms with Crippen LogP contribution in [0.25, 0.3) is 0 Å². The van der Waals surface area contributed by atoms with Crippen LogP contribution in [0.4, 0.5) is 0 Å². The van der Waals surface area contributed by atoms with Gasteiger partial charge in [-0.25, -0.2) is 0 Å². The minimum Gasteiger partial charge on any atom is -0.469 e. The van der Waals surface area contributed by atoms with Gasteiger partial charge in [0.1, 0.15) is 0 Å². The number of nitrogens with two attached hydrogens (primary N) is 1. The third-order valence-electron chi connectivity index (χ3n) is 4.25. The first-order valence-electron chi connectivity index (χ1n) is 8.43. The number of benzene rings is 2. The average Bonchev–Trinajstić information content (AvgIpc) is 2.61. The average molecular weight is 358 g/mol. The molecule has 134 valence electrons. The Morgan fingerprint density at radius 2 is 1.56 bits per heavy atom. The van der Waals surface area contributed by atoms with Gasteiger partial charge in [0.15, 0.2) is 0 Å². The standard InChI is InChI=1S/C20H27NO3Si/c1-20(2,3)16-10-12-18(13-11-16)25(21,17-8-6-5-7-9-17)24-15-14-19(22)23-4/h5-13H,14-15,21H2,1-4H3. The lowest BCUT2D eigenvalue weighted by Crippen LogP contribution is -2.68. The van der Waals surface area contributed by atoms with Crippen molar-refractivity contribution in [2.45, 2.75) is 32.6 Å². The van der Waals surface area contributed by atoms with E-state index in [1.165, 1.54) is 12.7 Å². The zero-order valence-corrected chi connectivity index (χ0v) is 16.4. The van der Waals surface area contributed by atoms with E-state index in [9.17, 15) is 4.79 Å². The molecular weight excluding hydrogens is 330 g/mol. The molecule has 1 unspecified atom stereocenters. The Morgan fingerprint density at radius 1 is 1.00 bits per heavy atom. The second-order valence-electron chi connectivity index (χ2n) is 7.10. The second-order valence-corrected chi connectivity index (χ2v) is 10.0. The first-order chi connectivity index (χ1) is 11.8. The molecule has 1 atom stereocenters. The Balaban J connectivity index is 2.33. The normalized spacial score (nSPS) is 14.0. The third-order valence-corrected chi connectivity index (χ3v) is 7.29. The van der Waals surface area contributed by atoms with Gasteiger partial charge in [-0.2, -0.15) is 0 Å². The lowest BCUT2D eigenvalue weighted by Gasteiger charge is -2.28. The van der Waals surface area contributed by atoms with E-state index in [0.717, 1.165) is 10.4 Å². The van der Waals surface area contributed by atoms with Crippen LogP contribution in [0.2, 0.25) is 0 Å². The van der Waals surface area contributed by atoms with Gasteiger partial charge in [-0.1, -0.05) is 75.4 Å². The highest BCUT2D eigenvalue weighted by Crippen LogP contribution is 2.21. The first-order valence-corrected chi connectivity index (χ1v) is 10.4. The van der Waals surface area contributed by atoms with Gasteiger partial charge in [-0.05, 0) is 21.4 Å². The highest BCUT2D eigenvalue weighted by atomic mass is 28.4. The minimum absolute atomic E-state index is 0.0792. The summed E-state index contributed by atoms with van der Waals surface area (Å²) in [4.78, 5) is 11.4. The van der Waals surface area contributed by atoms with Gasteiger partial charge in [0.25, 0.3) is 0 Å². The van der Waals surface area contributed by atoms with Crippen molar-refractivity contribution >= 4 is 24.8 Å². The van der Waals surface area contributed by atoms with Crippen molar-refractivity contribution in [2.24, 2.45) is 5.40 Å². The van der Waals surface area contributed by atoms with Crippen LogP contribution in [0.5, 0.6) is 0 Å². The van der Waals surface area contributed by atoms with Crippen LogP contribution < -0.4 is 15.8 Å². The molecule has 2 rings (SSSR count). The van der Waals surface area contributed by atoms with Crippen molar-refractivity contribution in [1.29, 1.82) is 0 Å². The molecule has 0 spiro atoms. The molecule has 5 heteroatoms. The van der Waals surface area contributed by atoms with Gasteiger partial charge in [-0.3, -0.25) is 4.79 Å². The molecule has 0 aliphatic carbocycles. The lowest BCUT2D eigenvalue weighted by atomic mass is 9.87. The summed E-state index contributed by atoms with van der Waals surface area (Å²) < 4.78 is 10.8. The highest BCUT2D eigenvalue weighted by Gasteiger charge is 2.36. The number of ether oxygens (including phenoxy) is 1. The summed E-state index contributed by atoms with van der Waals surface area (Å²) in [6.45, 7) is 6.78. The lowest BCUT2D eigenvalue weighted by molar-refractivity contribution is -0.141. The van der Waals surface area contributed by atoms with Crippen LogP contribution >= 0.6 is 0 Å². The molecule has 4 nitrogen and oxygen atoms in total. The molecule has 0 aliphatic heterocycles. The number of methoxy groups -OCH3 is 1. The van der Waals surface area contributed by atoms with Crippen molar-refractivity contribution in [3.05, 3.63) is 60.2 Å². The maximum atomic E-state index is 11.4. The van der Waals surface area contributed by atoms with Crippen LogP contribution in [-0.4, -0.2) is 28.2 Å². The van der Waals surface area contributed by atoms with Crippen molar-refractivity contribution in [3.63, 3.8) is 0 Å². The molecule has 0 amide bonds. The third kappa shape index (κ3) is 4.78. The van der Waals surface area contributed by atoms with Gasteiger partial charge in [0, 0.05) is 6.61 Å². The zero-order valence-electron chi connectivity index (χ0n) is 15.4. The number of esters is 1. The topological polar surface area (TPSA) is 61.5 Å². The fraction of sp³-hybridized carbons (Fsp3) is 0.350. The largest absolute Gasteiger partial charge is 0.469 e. The Labute approximate surface area is 151 Å². The van der Waals surface area contributed by atoms with E-state index in [0.29, 0.717) is 0 Å². The molecule has 25 heavy (non-hydrogen) atoms.